The number of hydrogen-bond acceptors (Lipinski definition) is 2. The molecule has 3 aliphatic carbocycles. The molecule has 146 valence electrons. The zero-order valence-corrected chi connectivity index (χ0v) is 18.3. The van der Waals surface area contributed by atoms with Gasteiger partial charge < -0.3 is 17.6 Å². The van der Waals surface area contributed by atoms with E-state index in [2.05, 4.69) is 13.3 Å². The van der Waals surface area contributed by atoms with Crippen LogP contribution >= 0.6 is 0 Å². The maximum atomic E-state index is 9.37. The molecule has 3 rings (SSSR count). The predicted octanol–water partition coefficient (Wildman–Crippen LogP) is 5.60. The van der Waals surface area contributed by atoms with E-state index in [-0.39, 0.29) is 42.0 Å². The summed E-state index contributed by atoms with van der Waals surface area (Å²) >= 11 is 0. The first-order valence-electron chi connectivity index (χ1n) is 9.14. The van der Waals surface area contributed by atoms with Gasteiger partial charge in [0.05, 0.1) is 0 Å². The first-order valence-corrected chi connectivity index (χ1v) is 9.14. The van der Waals surface area contributed by atoms with Gasteiger partial charge in [0.1, 0.15) is 0 Å². The topological polar surface area (TPSA) is 74.6 Å². The van der Waals surface area contributed by atoms with Crippen molar-refractivity contribution in [2.24, 2.45) is 5.92 Å². The van der Waals surface area contributed by atoms with Gasteiger partial charge in [-0.25, -0.2) is 12.0 Å². The molecule has 2 N–H and O–H groups in total. The van der Waals surface area contributed by atoms with E-state index in [1.807, 2.05) is 0 Å². The zero-order valence-electron chi connectivity index (χ0n) is 16.7. The molecular weight excluding hydrogens is 364 g/mol. The van der Waals surface area contributed by atoms with E-state index in [9.17, 15) is 9.59 Å². The molecule has 0 saturated carbocycles. The van der Waals surface area contributed by atoms with Crippen LogP contribution in [0.2, 0.25) is 0 Å². The minimum absolute atomic E-state index is 0. The van der Waals surface area contributed by atoms with Gasteiger partial charge in [-0.05, 0) is 25.2 Å². The average Bonchev–Trinajstić information content (AvgIpc) is 2.89. The van der Waals surface area contributed by atoms with Crippen LogP contribution < -0.4 is 0 Å². The molecule has 0 radical (unpaired) electrons. The van der Waals surface area contributed by atoms with Crippen LogP contribution in [-0.2, 0) is 31.3 Å². The van der Waals surface area contributed by atoms with E-state index in [1.54, 1.807) is 36.1 Å². The van der Waals surface area contributed by atoms with E-state index in [4.69, 9.17) is 10.2 Å². The van der Waals surface area contributed by atoms with Gasteiger partial charge in [-0.2, -0.15) is 5.57 Å². The van der Waals surface area contributed by atoms with E-state index in [0.717, 1.165) is 5.92 Å². The van der Waals surface area contributed by atoms with Crippen LogP contribution in [0.3, 0.4) is 0 Å². The second-order valence-corrected chi connectivity index (χ2v) is 6.46. The maximum absolute atomic E-state index is 9.37. The van der Waals surface area contributed by atoms with Crippen molar-refractivity contribution in [3.63, 3.8) is 0 Å². The van der Waals surface area contributed by atoms with Gasteiger partial charge in [-0.15, -0.1) is 12.0 Å². The monoisotopic (exact) mass is 398 g/mol. The molecule has 0 saturated heterocycles. The van der Waals surface area contributed by atoms with E-state index >= 15 is 0 Å². The Morgan fingerprint density at radius 3 is 1.92 bits per heavy atom. The molecule has 0 aromatic heterocycles. The summed E-state index contributed by atoms with van der Waals surface area (Å²) in [5.41, 5.74) is 7.07. The number of hydrogen-bond donors (Lipinski definition) is 2. The Morgan fingerprint density at radius 1 is 0.962 bits per heavy atom. The number of carboxylic acids is 2. The van der Waals surface area contributed by atoms with Gasteiger partial charge in [-0.3, -0.25) is 9.59 Å². The molecule has 5 heteroatoms. The van der Waals surface area contributed by atoms with Crippen LogP contribution in [0.15, 0.2) is 22.3 Å². The molecule has 1 atom stereocenters. The standard InChI is InChI=1S/C14H19.2C3H6O2.CH3.Ti/c1-10-11-6-2-4-8-13(11)14-9-5-3-7-12(10)14;2*1-2-3(4)5;;/h6,10H,2-5,7-9H2,1H3;2*2H2,1H3,(H,4,5);1H3;/q-1;;;-1;+2. The summed E-state index contributed by atoms with van der Waals surface area (Å²) < 4.78 is 0. The molecule has 1 unspecified atom stereocenters. The Bertz CT molecular complexity index is 474. The summed E-state index contributed by atoms with van der Waals surface area (Å²) in [5, 5.41) is 15.4. The first kappa shape index (κ1) is 27.2. The van der Waals surface area contributed by atoms with Crippen molar-refractivity contribution in [1.29, 1.82) is 0 Å². The molecular formula is C21H34O4Ti. The SMILES string of the molecule is CC1C2=C(CCC[CH-]2)C2=C1CCCC2.CCC(=O)O.CCC(=O)O.[CH3-].[Ti+2]. The fourth-order valence-electron chi connectivity index (χ4n) is 3.51. The summed E-state index contributed by atoms with van der Waals surface area (Å²) in [7, 11) is 0. The molecule has 26 heavy (non-hydrogen) atoms. The Balaban J connectivity index is 0. The number of carbonyl (C=O) groups is 2. The van der Waals surface area contributed by atoms with Crippen LogP contribution in [0, 0.1) is 19.8 Å². The minimum atomic E-state index is -0.745. The summed E-state index contributed by atoms with van der Waals surface area (Å²) in [5.74, 6) is -0.712. The zero-order chi connectivity index (χ0) is 18.1. The quantitative estimate of drug-likeness (QED) is 0.469. The van der Waals surface area contributed by atoms with Crippen molar-refractivity contribution in [2.45, 2.75) is 78.6 Å². The van der Waals surface area contributed by atoms with Gasteiger partial charge in [0.15, 0.2) is 0 Å². The number of fused-ring (bicyclic) bond motifs is 1. The Morgan fingerprint density at radius 2 is 1.42 bits per heavy atom. The summed E-state index contributed by atoms with van der Waals surface area (Å²) in [6.07, 6.45) is 12.7. The van der Waals surface area contributed by atoms with Gasteiger partial charge in [-0.1, -0.05) is 45.6 Å². The van der Waals surface area contributed by atoms with Crippen LogP contribution in [0.4, 0.5) is 0 Å². The van der Waals surface area contributed by atoms with Gasteiger partial charge in [0.25, 0.3) is 0 Å². The van der Waals surface area contributed by atoms with Crippen LogP contribution in [0.25, 0.3) is 0 Å². The average molecular weight is 398 g/mol. The van der Waals surface area contributed by atoms with Gasteiger partial charge in [0.2, 0.25) is 0 Å². The predicted molar refractivity (Wildman–Crippen MR) is 102 cm³/mol. The molecule has 0 amide bonds. The van der Waals surface area contributed by atoms with Crippen molar-refractivity contribution in [2.75, 3.05) is 0 Å². The maximum Gasteiger partial charge on any atom is 2.00 e. The van der Waals surface area contributed by atoms with Crippen molar-refractivity contribution in [3.8, 4) is 0 Å². The molecule has 0 heterocycles. The van der Waals surface area contributed by atoms with Crippen LogP contribution in [0.5, 0.6) is 0 Å². The Hall–Kier alpha value is -0.996. The third-order valence-electron chi connectivity index (χ3n) is 4.81. The second-order valence-electron chi connectivity index (χ2n) is 6.46. The van der Waals surface area contributed by atoms with Gasteiger partial charge >= 0.3 is 33.7 Å². The fraction of sp³-hybridized carbons (Fsp3) is 0.619. The van der Waals surface area contributed by atoms with Crippen molar-refractivity contribution < 1.29 is 41.5 Å². The largest absolute Gasteiger partial charge is 2.00 e. The smallest absolute Gasteiger partial charge is 0.481 e. The van der Waals surface area contributed by atoms with Crippen molar-refractivity contribution in [1.82, 2.24) is 0 Å². The van der Waals surface area contributed by atoms with E-state index in [0.29, 0.717) is 0 Å². The minimum Gasteiger partial charge on any atom is -0.481 e. The summed E-state index contributed by atoms with van der Waals surface area (Å²) in [4.78, 5) is 18.7. The Kier molecular flexibility index (Phi) is 14.8. The third-order valence-corrected chi connectivity index (χ3v) is 4.81. The van der Waals surface area contributed by atoms with Crippen LogP contribution in [-0.4, -0.2) is 22.2 Å². The fourth-order valence-corrected chi connectivity index (χ4v) is 3.51. The molecule has 0 fully saturated rings. The van der Waals surface area contributed by atoms with E-state index in [1.165, 1.54) is 44.9 Å². The Labute approximate surface area is 174 Å². The molecule has 3 aliphatic rings. The van der Waals surface area contributed by atoms with Crippen LogP contribution in [0.1, 0.15) is 78.6 Å². The summed E-state index contributed by atoms with van der Waals surface area (Å²) in [6.45, 7) is 5.62. The van der Waals surface area contributed by atoms with Crippen molar-refractivity contribution >= 4 is 11.9 Å². The number of aliphatic carboxylic acids is 2. The number of carboxylic acid groups (broad SMARTS) is 2. The first-order chi connectivity index (χ1) is 11.4. The molecule has 0 bridgehead atoms. The molecule has 0 spiro atoms. The molecule has 0 aromatic rings. The van der Waals surface area contributed by atoms with E-state index < -0.39 is 11.9 Å². The van der Waals surface area contributed by atoms with Gasteiger partial charge in [0, 0.05) is 12.8 Å². The number of rotatable bonds is 2. The number of allylic oxidation sites excluding steroid dienone is 4. The normalized spacial score (nSPS) is 19.7. The molecule has 0 aliphatic heterocycles. The van der Waals surface area contributed by atoms with Crippen molar-refractivity contribution in [3.05, 3.63) is 36.1 Å². The molecule has 0 aromatic carbocycles. The third kappa shape index (κ3) is 8.13. The second kappa shape index (κ2) is 14.1. The molecule has 4 nitrogen and oxygen atoms in total. The summed E-state index contributed by atoms with van der Waals surface area (Å²) in [6, 6.07) is 0.